The Morgan fingerprint density at radius 1 is 1.46 bits per heavy atom. The molecule has 1 N–H and O–H groups in total. The van der Waals surface area contributed by atoms with E-state index in [9.17, 15) is 19.5 Å². The first kappa shape index (κ1) is 20.1. The third-order valence-corrected chi connectivity index (χ3v) is 5.05. The van der Waals surface area contributed by atoms with Gasteiger partial charge < -0.3 is 14.6 Å². The second-order valence-corrected chi connectivity index (χ2v) is 7.32. The average molecular weight is 362 g/mol. The SMILES string of the molecule is C=C1C(=O)O[C@@H]2C[C@@H](C)C=CC(=O)[C@](C)(O)C[C@@H](OC(=O)C(C)=CC)[C@@H]12. The van der Waals surface area contributed by atoms with Crippen LogP contribution in [0.1, 0.15) is 40.5 Å². The highest BCUT2D eigenvalue weighted by Crippen LogP contribution is 2.38. The second kappa shape index (κ2) is 7.58. The Hall–Kier alpha value is -2.21. The highest BCUT2D eigenvalue weighted by molar-refractivity contribution is 5.97. The molecule has 5 atom stereocenters. The third kappa shape index (κ3) is 4.12. The van der Waals surface area contributed by atoms with Crippen molar-refractivity contribution >= 4 is 17.7 Å². The molecule has 1 aliphatic heterocycles. The van der Waals surface area contributed by atoms with Crippen LogP contribution in [0.3, 0.4) is 0 Å². The maximum Gasteiger partial charge on any atom is 0.334 e. The molecule has 2 aliphatic rings. The van der Waals surface area contributed by atoms with Gasteiger partial charge in [0.05, 0.1) is 5.92 Å². The van der Waals surface area contributed by atoms with Crippen molar-refractivity contribution in [2.45, 2.75) is 58.3 Å². The predicted molar refractivity (Wildman–Crippen MR) is 95.0 cm³/mol. The molecule has 0 radical (unpaired) electrons. The summed E-state index contributed by atoms with van der Waals surface area (Å²) in [5.41, 5.74) is -1.14. The number of hydrogen-bond donors (Lipinski definition) is 1. The molecule has 0 spiro atoms. The molecule has 2 rings (SSSR count). The van der Waals surface area contributed by atoms with E-state index >= 15 is 0 Å². The van der Waals surface area contributed by atoms with Gasteiger partial charge in [0.2, 0.25) is 0 Å². The number of ether oxygens (including phenoxy) is 2. The van der Waals surface area contributed by atoms with Crippen LogP contribution >= 0.6 is 0 Å². The summed E-state index contributed by atoms with van der Waals surface area (Å²) in [7, 11) is 0. The van der Waals surface area contributed by atoms with E-state index in [4.69, 9.17) is 9.47 Å². The Bertz CT molecular complexity index is 684. The first-order chi connectivity index (χ1) is 12.1. The lowest BCUT2D eigenvalue weighted by Gasteiger charge is -2.33. The average Bonchev–Trinajstić information content (AvgIpc) is 2.84. The van der Waals surface area contributed by atoms with Crippen molar-refractivity contribution in [1.29, 1.82) is 0 Å². The van der Waals surface area contributed by atoms with Crippen LogP contribution in [0, 0.1) is 11.8 Å². The molecule has 0 aromatic rings. The van der Waals surface area contributed by atoms with Crippen LogP contribution in [0.15, 0.2) is 36.0 Å². The number of allylic oxidation sites excluding steroid dienone is 2. The van der Waals surface area contributed by atoms with Crippen LogP contribution in [-0.2, 0) is 23.9 Å². The highest BCUT2D eigenvalue weighted by atomic mass is 16.6. The summed E-state index contributed by atoms with van der Waals surface area (Å²) in [4.78, 5) is 36.7. The fourth-order valence-corrected chi connectivity index (χ4v) is 3.26. The van der Waals surface area contributed by atoms with Gasteiger partial charge in [-0.2, -0.15) is 0 Å². The van der Waals surface area contributed by atoms with E-state index in [1.807, 2.05) is 6.92 Å². The zero-order chi connectivity index (χ0) is 19.6. The lowest BCUT2D eigenvalue weighted by molar-refractivity contribution is -0.155. The third-order valence-electron chi connectivity index (χ3n) is 5.05. The predicted octanol–water partition coefficient (Wildman–Crippen LogP) is 2.27. The summed E-state index contributed by atoms with van der Waals surface area (Å²) in [6, 6.07) is 0. The maximum atomic E-state index is 12.3. The highest BCUT2D eigenvalue weighted by Gasteiger charge is 2.48. The number of rotatable bonds is 2. The topological polar surface area (TPSA) is 89.9 Å². The second-order valence-electron chi connectivity index (χ2n) is 7.32. The quantitative estimate of drug-likeness (QED) is 0.599. The van der Waals surface area contributed by atoms with Gasteiger partial charge in [-0.15, -0.1) is 0 Å². The fraction of sp³-hybridized carbons (Fsp3) is 0.550. The molecule has 0 saturated carbocycles. The molecule has 0 bridgehead atoms. The van der Waals surface area contributed by atoms with Gasteiger partial charge >= 0.3 is 11.9 Å². The van der Waals surface area contributed by atoms with E-state index in [-0.39, 0.29) is 17.9 Å². The van der Waals surface area contributed by atoms with Crippen molar-refractivity contribution in [1.82, 2.24) is 0 Å². The molecule has 26 heavy (non-hydrogen) atoms. The van der Waals surface area contributed by atoms with E-state index in [1.165, 1.54) is 13.0 Å². The molecule has 0 unspecified atom stereocenters. The smallest absolute Gasteiger partial charge is 0.334 e. The minimum atomic E-state index is -1.74. The fourth-order valence-electron chi connectivity index (χ4n) is 3.26. The number of esters is 2. The van der Waals surface area contributed by atoms with E-state index in [2.05, 4.69) is 6.58 Å². The van der Waals surface area contributed by atoms with Gasteiger partial charge in [0.1, 0.15) is 17.8 Å². The maximum absolute atomic E-state index is 12.3. The van der Waals surface area contributed by atoms with Crippen LogP contribution < -0.4 is 0 Å². The van der Waals surface area contributed by atoms with Crippen molar-refractivity contribution in [3.8, 4) is 0 Å². The standard InChI is InChI=1S/C20H26O6/c1-6-12(3)18(22)26-15-10-20(5,24)16(21)8-7-11(2)9-14-17(15)13(4)19(23)25-14/h6-8,11,14-15,17,24H,4,9-10H2,1-3,5H3/t11-,14+,15+,17-,20+/m0/s1. The van der Waals surface area contributed by atoms with Crippen LogP contribution in [0.25, 0.3) is 0 Å². The molecular formula is C20H26O6. The van der Waals surface area contributed by atoms with Gasteiger partial charge in [-0.1, -0.05) is 25.7 Å². The molecule has 0 amide bonds. The Labute approximate surface area is 153 Å². The lowest BCUT2D eigenvalue weighted by Crippen LogP contribution is -2.44. The minimum Gasteiger partial charge on any atom is -0.458 e. The summed E-state index contributed by atoms with van der Waals surface area (Å²) >= 11 is 0. The van der Waals surface area contributed by atoms with Crippen LogP contribution in [0.4, 0.5) is 0 Å². The molecule has 1 heterocycles. The van der Waals surface area contributed by atoms with Gasteiger partial charge in [-0.25, -0.2) is 9.59 Å². The van der Waals surface area contributed by atoms with Gasteiger partial charge in [-0.05, 0) is 39.2 Å². The van der Waals surface area contributed by atoms with Gasteiger partial charge in [0, 0.05) is 17.6 Å². The van der Waals surface area contributed by atoms with Gasteiger partial charge in [0.15, 0.2) is 5.78 Å². The van der Waals surface area contributed by atoms with Gasteiger partial charge in [0.25, 0.3) is 0 Å². The van der Waals surface area contributed by atoms with E-state index in [0.717, 1.165) is 0 Å². The minimum absolute atomic E-state index is 0.0623. The lowest BCUT2D eigenvalue weighted by atomic mass is 9.79. The molecule has 142 valence electrons. The largest absolute Gasteiger partial charge is 0.458 e. The number of carbonyl (C=O) groups is 3. The van der Waals surface area contributed by atoms with Gasteiger partial charge in [-0.3, -0.25) is 4.79 Å². The number of aliphatic hydroxyl groups is 1. The summed E-state index contributed by atoms with van der Waals surface area (Å²) in [6.07, 6.45) is 3.54. The van der Waals surface area contributed by atoms with E-state index in [1.54, 1.807) is 26.0 Å². The van der Waals surface area contributed by atoms with E-state index < -0.39 is 41.4 Å². The molecule has 1 fully saturated rings. The van der Waals surface area contributed by atoms with Crippen LogP contribution in [0.2, 0.25) is 0 Å². The van der Waals surface area contributed by atoms with Crippen molar-refractivity contribution in [3.63, 3.8) is 0 Å². The van der Waals surface area contributed by atoms with E-state index in [0.29, 0.717) is 12.0 Å². The van der Waals surface area contributed by atoms with Crippen LogP contribution in [-0.4, -0.2) is 40.6 Å². The van der Waals surface area contributed by atoms with Crippen molar-refractivity contribution in [2.24, 2.45) is 11.8 Å². The molecule has 1 saturated heterocycles. The molecule has 6 nitrogen and oxygen atoms in total. The van der Waals surface area contributed by atoms with Crippen molar-refractivity contribution in [2.75, 3.05) is 0 Å². The molecular weight excluding hydrogens is 336 g/mol. The Morgan fingerprint density at radius 3 is 2.73 bits per heavy atom. The summed E-state index contributed by atoms with van der Waals surface area (Å²) in [6.45, 7) is 10.4. The molecule has 1 aliphatic carbocycles. The summed E-state index contributed by atoms with van der Waals surface area (Å²) in [5, 5.41) is 10.6. The monoisotopic (exact) mass is 362 g/mol. The Morgan fingerprint density at radius 2 is 2.12 bits per heavy atom. The Kier molecular flexibility index (Phi) is 5.86. The number of ketones is 1. The zero-order valence-corrected chi connectivity index (χ0v) is 15.7. The number of hydrogen-bond acceptors (Lipinski definition) is 6. The Balaban J connectivity index is 2.45. The molecule has 0 aromatic carbocycles. The zero-order valence-electron chi connectivity index (χ0n) is 15.7. The summed E-state index contributed by atoms with van der Waals surface area (Å²) in [5.74, 6) is -2.24. The number of carbonyl (C=O) groups excluding carboxylic acids is 3. The van der Waals surface area contributed by atoms with Crippen LogP contribution in [0.5, 0.6) is 0 Å². The molecule has 6 heteroatoms. The molecule has 0 aromatic heterocycles. The first-order valence-electron chi connectivity index (χ1n) is 8.75. The normalized spacial score (nSPS) is 35.7. The first-order valence-corrected chi connectivity index (χ1v) is 8.75. The van der Waals surface area contributed by atoms with Crippen molar-refractivity contribution < 1.29 is 29.0 Å². The summed E-state index contributed by atoms with van der Waals surface area (Å²) < 4.78 is 11.0. The number of fused-ring (bicyclic) bond motifs is 1. The van der Waals surface area contributed by atoms with Crippen molar-refractivity contribution in [3.05, 3.63) is 36.0 Å².